The number of urea groups is 1. The monoisotopic (exact) mass is 450 g/mol. The number of rotatable bonds is 5. The van der Waals surface area contributed by atoms with E-state index in [9.17, 15) is 9.18 Å². The van der Waals surface area contributed by atoms with Gasteiger partial charge in [0.15, 0.2) is 5.76 Å². The van der Waals surface area contributed by atoms with E-state index < -0.39 is 11.8 Å². The van der Waals surface area contributed by atoms with E-state index >= 15 is 0 Å². The minimum atomic E-state index is -0.646. The van der Waals surface area contributed by atoms with E-state index in [1.54, 1.807) is 48.3 Å². The summed E-state index contributed by atoms with van der Waals surface area (Å²) in [6.07, 6.45) is 3.06. The molecule has 0 unspecified atom stereocenters. The van der Waals surface area contributed by atoms with E-state index in [-0.39, 0.29) is 16.9 Å². The van der Waals surface area contributed by atoms with Crippen LogP contribution in [0.2, 0.25) is 0 Å². The fourth-order valence-corrected chi connectivity index (χ4v) is 2.97. The fraction of sp³-hybridized carbons (Fsp3) is 0.217. The van der Waals surface area contributed by atoms with E-state index in [1.807, 2.05) is 20.8 Å². The topological polar surface area (TPSA) is 107 Å². The van der Waals surface area contributed by atoms with E-state index in [2.05, 4.69) is 25.9 Å². The molecule has 1 aromatic carbocycles. The van der Waals surface area contributed by atoms with Crippen LogP contribution in [0, 0.1) is 5.82 Å². The summed E-state index contributed by atoms with van der Waals surface area (Å²) in [6.45, 7) is 6.08. The Labute approximate surface area is 189 Å². The van der Waals surface area contributed by atoms with Crippen molar-refractivity contribution in [2.24, 2.45) is 7.05 Å². The van der Waals surface area contributed by atoms with Gasteiger partial charge in [-0.15, -0.1) is 0 Å². The molecule has 3 aromatic heterocycles. The zero-order chi connectivity index (χ0) is 23.6. The van der Waals surface area contributed by atoms with Gasteiger partial charge in [-0.1, -0.05) is 25.9 Å². The SMILES string of the molecule is Cn1nc(C(C)(C)C)cc1NC(=O)Nc1ccc(Oc2ccnc(-c3ccno3)c2)cc1F. The Bertz CT molecular complexity index is 1280. The predicted molar refractivity (Wildman–Crippen MR) is 121 cm³/mol. The van der Waals surface area contributed by atoms with Gasteiger partial charge < -0.3 is 14.6 Å². The number of ether oxygens (including phenoxy) is 1. The third kappa shape index (κ3) is 5.17. The highest BCUT2D eigenvalue weighted by Crippen LogP contribution is 2.28. The number of hydrogen-bond acceptors (Lipinski definition) is 6. The first-order valence-corrected chi connectivity index (χ1v) is 10.2. The molecule has 0 aliphatic rings. The molecule has 33 heavy (non-hydrogen) atoms. The van der Waals surface area contributed by atoms with Crippen LogP contribution in [0.5, 0.6) is 11.5 Å². The lowest BCUT2D eigenvalue weighted by atomic mass is 9.92. The van der Waals surface area contributed by atoms with Gasteiger partial charge in [0.1, 0.15) is 28.8 Å². The van der Waals surface area contributed by atoms with Crippen LogP contribution in [0.4, 0.5) is 20.7 Å². The number of halogens is 1. The van der Waals surface area contributed by atoms with Gasteiger partial charge in [-0.05, 0) is 18.2 Å². The standard InChI is InChI=1S/C23H23FN6O3/c1-23(2,3)20-13-21(30(4)29-20)28-22(31)27-17-6-5-14(11-16(17)24)32-15-7-9-25-18(12-15)19-8-10-26-33-19/h5-13H,1-4H3,(H2,27,28,31). The quantitative estimate of drug-likeness (QED) is 0.425. The first-order chi connectivity index (χ1) is 15.7. The smallest absolute Gasteiger partial charge is 0.324 e. The number of aryl methyl sites for hydroxylation is 1. The first-order valence-electron chi connectivity index (χ1n) is 10.2. The summed E-state index contributed by atoms with van der Waals surface area (Å²) in [6, 6.07) is 10.3. The van der Waals surface area contributed by atoms with Crippen molar-refractivity contribution in [3.8, 4) is 23.0 Å². The molecule has 0 fully saturated rings. The highest BCUT2D eigenvalue weighted by molar-refractivity contribution is 5.99. The Balaban J connectivity index is 1.42. The third-order valence-corrected chi connectivity index (χ3v) is 4.74. The molecule has 0 aliphatic heterocycles. The number of aromatic nitrogens is 4. The Hall–Kier alpha value is -4.21. The zero-order valence-corrected chi connectivity index (χ0v) is 18.6. The molecule has 2 amide bonds. The molecule has 170 valence electrons. The maximum atomic E-state index is 14.6. The molecule has 9 nitrogen and oxygen atoms in total. The van der Waals surface area contributed by atoms with Gasteiger partial charge >= 0.3 is 6.03 Å². The van der Waals surface area contributed by atoms with E-state index in [4.69, 9.17) is 9.26 Å². The number of carbonyl (C=O) groups excluding carboxylic acids is 1. The van der Waals surface area contributed by atoms with E-state index in [0.717, 1.165) is 5.69 Å². The van der Waals surface area contributed by atoms with Crippen LogP contribution >= 0.6 is 0 Å². The van der Waals surface area contributed by atoms with Gasteiger partial charge in [-0.25, -0.2) is 9.18 Å². The third-order valence-electron chi connectivity index (χ3n) is 4.74. The maximum Gasteiger partial charge on any atom is 0.324 e. The Morgan fingerprint density at radius 3 is 2.52 bits per heavy atom. The molecular weight excluding hydrogens is 427 g/mol. The van der Waals surface area contributed by atoms with Crippen molar-refractivity contribution < 1.29 is 18.4 Å². The van der Waals surface area contributed by atoms with Crippen LogP contribution in [-0.2, 0) is 12.5 Å². The second kappa shape index (κ2) is 8.73. The van der Waals surface area contributed by atoms with Crippen LogP contribution < -0.4 is 15.4 Å². The van der Waals surface area contributed by atoms with E-state index in [0.29, 0.717) is 23.0 Å². The number of anilines is 2. The molecule has 0 atom stereocenters. The van der Waals surface area contributed by atoms with Crippen LogP contribution in [0.1, 0.15) is 26.5 Å². The number of nitrogens with one attached hydrogen (secondary N) is 2. The molecule has 10 heteroatoms. The highest BCUT2D eigenvalue weighted by Gasteiger charge is 2.20. The van der Waals surface area contributed by atoms with Crippen molar-refractivity contribution >= 4 is 17.5 Å². The van der Waals surface area contributed by atoms with E-state index in [1.165, 1.54) is 18.3 Å². The minimum Gasteiger partial charge on any atom is -0.457 e. The summed E-state index contributed by atoms with van der Waals surface area (Å²) < 4.78 is 27.0. The largest absolute Gasteiger partial charge is 0.457 e. The van der Waals surface area contributed by atoms with Crippen molar-refractivity contribution in [3.05, 3.63) is 66.4 Å². The first kappa shape index (κ1) is 22.0. The number of hydrogen-bond donors (Lipinski definition) is 2. The maximum absolute atomic E-state index is 14.6. The summed E-state index contributed by atoms with van der Waals surface area (Å²) in [7, 11) is 1.73. The second-order valence-corrected chi connectivity index (χ2v) is 8.36. The number of amides is 2. The average Bonchev–Trinajstić information content (AvgIpc) is 3.41. The van der Waals surface area contributed by atoms with Crippen LogP contribution in [0.25, 0.3) is 11.5 Å². The predicted octanol–water partition coefficient (Wildman–Crippen LogP) is 5.34. The van der Waals surface area contributed by atoms with Gasteiger partial charge in [0.25, 0.3) is 0 Å². The molecule has 0 saturated heterocycles. The van der Waals surface area contributed by atoms with Crippen LogP contribution in [-0.4, -0.2) is 26.0 Å². The highest BCUT2D eigenvalue weighted by atomic mass is 19.1. The summed E-state index contributed by atoms with van der Waals surface area (Å²) in [4.78, 5) is 16.6. The molecule has 0 aliphatic carbocycles. The van der Waals surface area contributed by atoms with Gasteiger partial charge in [-0.3, -0.25) is 15.0 Å². The lowest BCUT2D eigenvalue weighted by Crippen LogP contribution is -2.21. The Kier molecular flexibility index (Phi) is 5.82. The summed E-state index contributed by atoms with van der Waals surface area (Å²) in [5, 5.41) is 13.2. The zero-order valence-electron chi connectivity index (χ0n) is 18.6. The van der Waals surface area contributed by atoms with Crippen molar-refractivity contribution in [1.29, 1.82) is 0 Å². The second-order valence-electron chi connectivity index (χ2n) is 8.36. The van der Waals surface area contributed by atoms with Crippen LogP contribution in [0.15, 0.2) is 59.4 Å². The average molecular weight is 450 g/mol. The number of benzene rings is 1. The molecule has 4 rings (SSSR count). The number of nitrogens with zero attached hydrogens (tertiary/aromatic N) is 4. The van der Waals surface area contributed by atoms with Gasteiger partial charge in [0, 0.05) is 42.9 Å². The van der Waals surface area contributed by atoms with Crippen molar-refractivity contribution in [3.63, 3.8) is 0 Å². The molecule has 2 N–H and O–H groups in total. The minimum absolute atomic E-state index is 0.00939. The summed E-state index contributed by atoms with van der Waals surface area (Å²) >= 11 is 0. The Morgan fingerprint density at radius 1 is 1.06 bits per heavy atom. The van der Waals surface area contributed by atoms with Gasteiger partial charge in [0.05, 0.1) is 17.6 Å². The fourth-order valence-electron chi connectivity index (χ4n) is 2.97. The lowest BCUT2D eigenvalue weighted by molar-refractivity contribution is 0.262. The summed E-state index contributed by atoms with van der Waals surface area (Å²) in [5.41, 5.74) is 1.21. The molecule has 4 aromatic rings. The number of carbonyl (C=O) groups is 1. The molecule has 0 radical (unpaired) electrons. The molecule has 0 saturated carbocycles. The molecular formula is C23H23FN6O3. The molecule has 0 spiro atoms. The molecule has 0 bridgehead atoms. The number of pyridine rings is 1. The lowest BCUT2D eigenvalue weighted by Gasteiger charge is -2.13. The van der Waals surface area contributed by atoms with Crippen molar-refractivity contribution in [1.82, 2.24) is 19.9 Å². The van der Waals surface area contributed by atoms with Crippen molar-refractivity contribution in [2.45, 2.75) is 26.2 Å². The van der Waals surface area contributed by atoms with Crippen LogP contribution in [0.3, 0.4) is 0 Å². The van der Waals surface area contributed by atoms with Gasteiger partial charge in [-0.2, -0.15) is 5.10 Å². The normalized spacial score (nSPS) is 11.3. The summed E-state index contributed by atoms with van der Waals surface area (Å²) in [5.74, 6) is 1.04. The Morgan fingerprint density at radius 2 is 1.85 bits per heavy atom. The van der Waals surface area contributed by atoms with Crippen molar-refractivity contribution in [2.75, 3.05) is 10.6 Å². The molecule has 3 heterocycles. The van der Waals surface area contributed by atoms with Gasteiger partial charge in [0.2, 0.25) is 0 Å².